The average molecular weight is 598 g/mol. The molecule has 42 heavy (non-hydrogen) atoms. The van der Waals surface area contributed by atoms with Gasteiger partial charge in [-0.1, -0.05) is 30.7 Å². The third-order valence-corrected chi connectivity index (χ3v) is 8.29. The summed E-state index contributed by atoms with van der Waals surface area (Å²) >= 11 is 6.26. The van der Waals surface area contributed by atoms with Crippen LogP contribution in [0.25, 0.3) is 33.1 Å². The van der Waals surface area contributed by atoms with Crippen LogP contribution in [-0.2, 0) is 9.53 Å². The van der Waals surface area contributed by atoms with Gasteiger partial charge in [-0.3, -0.25) is 4.57 Å². The molecule has 0 spiro atoms. The largest absolute Gasteiger partial charge is 0.480 e. The maximum absolute atomic E-state index is 13.9. The first kappa shape index (κ1) is 26.8. The van der Waals surface area contributed by atoms with Gasteiger partial charge >= 0.3 is 5.97 Å². The number of halogens is 3. The summed E-state index contributed by atoms with van der Waals surface area (Å²) in [5, 5.41) is 11.3. The summed E-state index contributed by atoms with van der Waals surface area (Å²) in [4.78, 5) is 26.8. The van der Waals surface area contributed by atoms with Crippen molar-refractivity contribution in [3.63, 3.8) is 0 Å². The van der Waals surface area contributed by atoms with E-state index in [0.717, 1.165) is 11.9 Å². The highest BCUT2D eigenvalue weighted by molar-refractivity contribution is 6.31. The highest BCUT2D eigenvalue weighted by Gasteiger charge is 2.42. The van der Waals surface area contributed by atoms with E-state index in [1.165, 1.54) is 4.90 Å². The number of hydrogen-bond donors (Lipinski definition) is 1. The molecule has 218 valence electrons. The number of carboxylic acid groups (broad SMARTS) is 1. The molecule has 13 heteroatoms. The van der Waals surface area contributed by atoms with E-state index in [4.69, 9.17) is 30.5 Å². The predicted molar refractivity (Wildman–Crippen MR) is 150 cm³/mol. The van der Waals surface area contributed by atoms with Gasteiger partial charge in [0.2, 0.25) is 0 Å². The molecule has 2 fully saturated rings. The van der Waals surface area contributed by atoms with E-state index in [9.17, 15) is 18.7 Å². The van der Waals surface area contributed by atoms with E-state index in [0.29, 0.717) is 40.7 Å². The number of rotatable bonds is 6. The molecule has 7 rings (SSSR count). The van der Waals surface area contributed by atoms with Crippen LogP contribution in [0.2, 0.25) is 5.02 Å². The number of benzene rings is 2. The summed E-state index contributed by atoms with van der Waals surface area (Å²) < 4.78 is 48.0. The second-order valence-corrected chi connectivity index (χ2v) is 11.2. The normalized spacial score (nSPS) is 23.0. The van der Waals surface area contributed by atoms with Gasteiger partial charge in [0.05, 0.1) is 24.2 Å². The monoisotopic (exact) mass is 597 g/mol. The van der Waals surface area contributed by atoms with Crippen molar-refractivity contribution < 1.29 is 32.6 Å². The fraction of sp³-hybridized carbons (Fsp3) is 0.379. The lowest BCUT2D eigenvalue weighted by molar-refractivity contribution is -0.138. The van der Waals surface area contributed by atoms with Crippen LogP contribution in [0.4, 0.5) is 14.6 Å². The zero-order valence-electron chi connectivity index (χ0n) is 22.4. The van der Waals surface area contributed by atoms with E-state index in [1.54, 1.807) is 36.4 Å². The number of carbonyl (C=O) groups is 1. The summed E-state index contributed by atoms with van der Waals surface area (Å²) in [5.74, 6) is -1.68. The zero-order chi connectivity index (χ0) is 29.1. The maximum atomic E-state index is 13.9. The number of anilines is 1. The van der Waals surface area contributed by atoms with Crippen LogP contribution in [0.1, 0.15) is 38.1 Å². The van der Waals surface area contributed by atoms with Crippen molar-refractivity contribution in [2.45, 2.75) is 44.4 Å². The number of furan rings is 1. The number of fused-ring (bicyclic) bond motifs is 4. The lowest BCUT2D eigenvalue weighted by Crippen LogP contribution is -2.37. The van der Waals surface area contributed by atoms with Gasteiger partial charge in [-0.2, -0.15) is 4.98 Å². The molecular weight excluding hydrogens is 572 g/mol. The van der Waals surface area contributed by atoms with Crippen LogP contribution in [-0.4, -0.2) is 62.5 Å². The highest BCUT2D eigenvalue weighted by Crippen LogP contribution is 2.40. The van der Waals surface area contributed by atoms with Gasteiger partial charge in [-0.25, -0.2) is 23.5 Å². The van der Waals surface area contributed by atoms with E-state index >= 15 is 0 Å². The van der Waals surface area contributed by atoms with Crippen molar-refractivity contribution in [3.05, 3.63) is 53.3 Å². The van der Waals surface area contributed by atoms with Crippen molar-refractivity contribution in [1.82, 2.24) is 19.5 Å². The first-order chi connectivity index (χ1) is 20.3. The second kappa shape index (κ2) is 10.4. The molecule has 2 aromatic carbocycles. The molecule has 2 aliphatic rings. The standard InChI is InChI=1S/C29H26ClF2N5O5/c1-14-13-40-9-8-19(14)37-20-7-6-15(30)10-18(20)33-29(37)41-16-11-21(28(38)39)36(12-16)27-24-23(34-26(35-27)25(31)32)17-4-2-3-5-22(17)42-24/h2-7,10,14,16,19,21,25H,8-9,11-13H2,1H3,(H,38,39)/t14-,16-,19-,21-/m0/s1. The predicted octanol–water partition coefficient (Wildman–Crippen LogP) is 6.03. The molecule has 0 amide bonds. The minimum Gasteiger partial charge on any atom is -0.480 e. The highest BCUT2D eigenvalue weighted by atomic mass is 35.5. The zero-order valence-corrected chi connectivity index (χ0v) is 23.2. The number of carboxylic acids is 1. The number of alkyl halides is 2. The Morgan fingerprint density at radius 3 is 2.81 bits per heavy atom. The smallest absolute Gasteiger partial charge is 0.326 e. The molecule has 0 aliphatic carbocycles. The molecule has 2 aliphatic heterocycles. The number of imidazole rings is 1. The fourth-order valence-electron chi connectivity index (χ4n) is 6.09. The van der Waals surface area contributed by atoms with E-state index in [-0.39, 0.29) is 41.8 Å². The molecule has 3 aromatic heterocycles. The molecule has 1 N–H and O–H groups in total. The van der Waals surface area contributed by atoms with Crippen molar-refractivity contribution in [2.75, 3.05) is 24.7 Å². The number of ether oxygens (including phenoxy) is 2. The van der Waals surface area contributed by atoms with Crippen molar-refractivity contribution in [1.29, 1.82) is 0 Å². The molecule has 5 aromatic rings. The topological polar surface area (TPSA) is 116 Å². The molecule has 5 heterocycles. The van der Waals surface area contributed by atoms with Gasteiger partial charge in [0, 0.05) is 35.4 Å². The number of aliphatic carboxylic acids is 1. The first-order valence-electron chi connectivity index (χ1n) is 13.7. The Morgan fingerprint density at radius 1 is 1.19 bits per heavy atom. The van der Waals surface area contributed by atoms with E-state index in [2.05, 4.69) is 16.9 Å². The average Bonchev–Trinajstić information content (AvgIpc) is 3.66. The van der Waals surface area contributed by atoms with Gasteiger partial charge in [-0.15, -0.1) is 0 Å². The van der Waals surface area contributed by atoms with Crippen LogP contribution in [0.3, 0.4) is 0 Å². The Bertz CT molecular complexity index is 1830. The van der Waals surface area contributed by atoms with Crippen LogP contribution < -0.4 is 9.64 Å². The summed E-state index contributed by atoms with van der Waals surface area (Å²) in [6.07, 6.45) is -2.79. The molecule has 4 atom stereocenters. The van der Waals surface area contributed by atoms with Gasteiger partial charge in [0.1, 0.15) is 23.2 Å². The Balaban J connectivity index is 1.29. The van der Waals surface area contributed by atoms with Crippen molar-refractivity contribution >= 4 is 56.5 Å². The maximum Gasteiger partial charge on any atom is 0.326 e. The fourth-order valence-corrected chi connectivity index (χ4v) is 6.26. The molecule has 0 unspecified atom stereocenters. The molecule has 0 radical (unpaired) electrons. The van der Waals surface area contributed by atoms with Gasteiger partial charge in [-0.05, 0) is 36.8 Å². The summed E-state index contributed by atoms with van der Waals surface area (Å²) in [6, 6.07) is 11.6. The first-order valence-corrected chi connectivity index (χ1v) is 14.0. The van der Waals surface area contributed by atoms with Gasteiger partial charge < -0.3 is 23.9 Å². The number of para-hydroxylation sites is 1. The van der Waals surface area contributed by atoms with E-state index in [1.807, 2.05) is 10.6 Å². The Hall–Kier alpha value is -4.03. The van der Waals surface area contributed by atoms with Crippen LogP contribution in [0, 0.1) is 5.92 Å². The number of aromatic nitrogens is 4. The van der Waals surface area contributed by atoms with E-state index < -0.39 is 30.4 Å². The van der Waals surface area contributed by atoms with Gasteiger partial charge in [0.25, 0.3) is 12.4 Å². The minimum absolute atomic E-state index is 0.0108. The quantitative estimate of drug-likeness (QED) is 0.251. The summed E-state index contributed by atoms with van der Waals surface area (Å²) in [6.45, 7) is 3.33. The van der Waals surface area contributed by atoms with Crippen LogP contribution in [0.5, 0.6) is 6.01 Å². The summed E-state index contributed by atoms with van der Waals surface area (Å²) in [7, 11) is 0. The van der Waals surface area contributed by atoms with Crippen molar-refractivity contribution in [3.8, 4) is 6.01 Å². The Kier molecular flexibility index (Phi) is 6.62. The number of hydrogen-bond acceptors (Lipinski definition) is 8. The lowest BCUT2D eigenvalue weighted by Gasteiger charge is -2.31. The molecule has 2 saturated heterocycles. The summed E-state index contributed by atoms with van der Waals surface area (Å²) in [5.41, 5.74) is 2.28. The van der Waals surface area contributed by atoms with Crippen LogP contribution >= 0.6 is 11.6 Å². The molecule has 10 nitrogen and oxygen atoms in total. The molecular formula is C29H26ClF2N5O5. The number of nitrogens with zero attached hydrogens (tertiary/aromatic N) is 5. The Morgan fingerprint density at radius 2 is 2.02 bits per heavy atom. The van der Waals surface area contributed by atoms with Crippen LogP contribution in [0.15, 0.2) is 46.9 Å². The second-order valence-electron chi connectivity index (χ2n) is 10.8. The minimum atomic E-state index is -2.96. The third kappa shape index (κ3) is 4.49. The Labute approximate surface area is 242 Å². The lowest BCUT2D eigenvalue weighted by atomic mass is 9.97. The van der Waals surface area contributed by atoms with Gasteiger partial charge in [0.15, 0.2) is 17.2 Å². The van der Waals surface area contributed by atoms with Crippen molar-refractivity contribution in [2.24, 2.45) is 5.92 Å². The molecule has 0 bridgehead atoms. The molecule has 0 saturated carbocycles. The third-order valence-electron chi connectivity index (χ3n) is 8.05. The SMILES string of the molecule is C[C@H]1COCC[C@@H]1n1c(O[C@H]2C[C@@H](C(=O)O)N(c3nc(C(F)F)nc4c3oc3ccccc34)C2)nc2cc(Cl)ccc21.